The van der Waals surface area contributed by atoms with Crippen LogP contribution in [0.25, 0.3) is 0 Å². The SMILES string of the molecule is C=C(C)CCC(C)C1CCC2C3CC(N)C4CCCCC4(C)C3CCC12C. The average Bonchev–Trinajstić information content (AvgIpc) is 2.97. The number of fused-ring (bicyclic) bond motifs is 5. The van der Waals surface area contributed by atoms with E-state index in [1.54, 1.807) is 0 Å². The number of rotatable bonds is 4. The van der Waals surface area contributed by atoms with Gasteiger partial charge in [0.2, 0.25) is 0 Å². The lowest BCUT2D eigenvalue weighted by Crippen LogP contribution is -2.59. The lowest BCUT2D eigenvalue weighted by Gasteiger charge is -2.62. The van der Waals surface area contributed by atoms with Crippen molar-refractivity contribution in [3.05, 3.63) is 12.2 Å². The van der Waals surface area contributed by atoms with Crippen molar-refractivity contribution in [1.82, 2.24) is 0 Å². The topological polar surface area (TPSA) is 26.0 Å². The van der Waals surface area contributed by atoms with Crippen molar-refractivity contribution in [3.8, 4) is 0 Å². The van der Waals surface area contributed by atoms with Crippen LogP contribution in [0.4, 0.5) is 0 Å². The maximum atomic E-state index is 6.87. The van der Waals surface area contributed by atoms with Crippen LogP contribution >= 0.6 is 0 Å². The van der Waals surface area contributed by atoms with Crippen molar-refractivity contribution in [2.24, 2.45) is 52.1 Å². The van der Waals surface area contributed by atoms with E-state index in [9.17, 15) is 0 Å². The second kappa shape index (κ2) is 7.19. The highest BCUT2D eigenvalue weighted by Crippen LogP contribution is 2.68. The largest absolute Gasteiger partial charge is 0.327 e. The molecule has 9 atom stereocenters. The van der Waals surface area contributed by atoms with Gasteiger partial charge in [-0.1, -0.05) is 39.2 Å². The smallest absolute Gasteiger partial charge is 0.00753 e. The van der Waals surface area contributed by atoms with Gasteiger partial charge in [0, 0.05) is 6.04 Å². The standard InChI is InChI=1S/C26H45N/c1-17(2)9-10-18(3)20-11-12-21-19-16-24(27)23-8-6-7-14-25(23,4)22(19)13-15-26(20,21)5/h18-24H,1,6-16,27H2,2-5H3. The Morgan fingerprint density at radius 2 is 1.74 bits per heavy atom. The van der Waals surface area contributed by atoms with Crippen molar-refractivity contribution in [2.45, 2.75) is 104 Å². The Balaban J connectivity index is 1.55. The molecule has 1 heteroatoms. The number of allylic oxidation sites excluding steroid dienone is 1. The quantitative estimate of drug-likeness (QED) is 0.531. The molecule has 4 saturated carbocycles. The van der Waals surface area contributed by atoms with Crippen LogP contribution in [0.5, 0.6) is 0 Å². The van der Waals surface area contributed by atoms with Gasteiger partial charge in [0.1, 0.15) is 0 Å². The lowest BCUT2D eigenvalue weighted by atomic mass is 9.43. The molecular weight excluding hydrogens is 326 g/mol. The number of hydrogen-bond acceptors (Lipinski definition) is 1. The zero-order chi connectivity index (χ0) is 19.4. The van der Waals surface area contributed by atoms with Gasteiger partial charge in [0.05, 0.1) is 0 Å². The van der Waals surface area contributed by atoms with E-state index in [-0.39, 0.29) is 0 Å². The van der Waals surface area contributed by atoms with Gasteiger partial charge in [-0.15, -0.1) is 6.58 Å². The minimum Gasteiger partial charge on any atom is -0.327 e. The molecule has 4 fully saturated rings. The zero-order valence-electron chi connectivity index (χ0n) is 18.6. The molecule has 27 heavy (non-hydrogen) atoms. The first kappa shape index (κ1) is 20.0. The van der Waals surface area contributed by atoms with E-state index >= 15 is 0 Å². The van der Waals surface area contributed by atoms with Gasteiger partial charge >= 0.3 is 0 Å². The van der Waals surface area contributed by atoms with Gasteiger partial charge in [-0.25, -0.2) is 0 Å². The third kappa shape index (κ3) is 3.15. The summed E-state index contributed by atoms with van der Waals surface area (Å²) in [7, 11) is 0. The fraction of sp³-hybridized carbons (Fsp3) is 0.923. The minimum absolute atomic E-state index is 0.471. The van der Waals surface area contributed by atoms with Crippen LogP contribution in [0.2, 0.25) is 0 Å². The molecule has 0 bridgehead atoms. The highest BCUT2D eigenvalue weighted by Gasteiger charge is 2.61. The fourth-order valence-electron chi connectivity index (χ4n) is 9.11. The molecule has 9 unspecified atom stereocenters. The van der Waals surface area contributed by atoms with Crippen LogP contribution in [0, 0.1) is 46.3 Å². The lowest BCUT2D eigenvalue weighted by molar-refractivity contribution is -0.121. The molecule has 154 valence electrons. The summed E-state index contributed by atoms with van der Waals surface area (Å²) in [6, 6.07) is 0.471. The first-order valence-corrected chi connectivity index (χ1v) is 12.2. The molecule has 0 aromatic carbocycles. The van der Waals surface area contributed by atoms with Crippen molar-refractivity contribution in [1.29, 1.82) is 0 Å². The maximum Gasteiger partial charge on any atom is 0.00753 e. The maximum absolute atomic E-state index is 6.87. The third-order valence-electron chi connectivity index (χ3n) is 10.5. The molecular formula is C26H45N. The Morgan fingerprint density at radius 1 is 1.00 bits per heavy atom. The molecule has 0 radical (unpaired) electrons. The monoisotopic (exact) mass is 371 g/mol. The van der Waals surface area contributed by atoms with E-state index in [1.807, 2.05) is 0 Å². The molecule has 0 aromatic rings. The van der Waals surface area contributed by atoms with E-state index in [4.69, 9.17) is 5.73 Å². The summed E-state index contributed by atoms with van der Waals surface area (Å²) in [6.45, 7) is 14.2. The highest BCUT2D eigenvalue weighted by atomic mass is 14.8. The van der Waals surface area contributed by atoms with E-state index in [1.165, 1.54) is 76.2 Å². The predicted molar refractivity (Wildman–Crippen MR) is 116 cm³/mol. The van der Waals surface area contributed by atoms with Crippen LogP contribution in [-0.2, 0) is 0 Å². The summed E-state index contributed by atoms with van der Waals surface area (Å²) in [6.07, 6.45) is 15.5. The molecule has 0 aromatic heterocycles. The zero-order valence-corrected chi connectivity index (χ0v) is 18.6. The second-order valence-electron chi connectivity index (χ2n) is 11.8. The average molecular weight is 372 g/mol. The Kier molecular flexibility index (Phi) is 5.32. The van der Waals surface area contributed by atoms with E-state index < -0.39 is 0 Å². The van der Waals surface area contributed by atoms with Crippen LogP contribution in [-0.4, -0.2) is 6.04 Å². The molecule has 0 heterocycles. The van der Waals surface area contributed by atoms with Crippen LogP contribution in [0.15, 0.2) is 12.2 Å². The third-order valence-corrected chi connectivity index (χ3v) is 10.5. The van der Waals surface area contributed by atoms with Crippen molar-refractivity contribution >= 4 is 0 Å². The summed E-state index contributed by atoms with van der Waals surface area (Å²) in [5, 5.41) is 0. The Hall–Kier alpha value is -0.300. The Morgan fingerprint density at radius 3 is 2.48 bits per heavy atom. The fourth-order valence-corrected chi connectivity index (χ4v) is 9.11. The predicted octanol–water partition coefficient (Wildman–Crippen LogP) is 6.97. The molecule has 4 aliphatic rings. The Labute approximate surface area is 168 Å². The summed E-state index contributed by atoms with van der Waals surface area (Å²) >= 11 is 0. The van der Waals surface area contributed by atoms with Gasteiger partial charge in [0.25, 0.3) is 0 Å². The molecule has 0 amide bonds. The molecule has 2 N–H and O–H groups in total. The summed E-state index contributed by atoms with van der Waals surface area (Å²) in [5.74, 6) is 5.41. The molecule has 4 rings (SSSR count). The molecule has 1 nitrogen and oxygen atoms in total. The number of hydrogen-bond donors (Lipinski definition) is 1. The first-order chi connectivity index (χ1) is 12.8. The van der Waals surface area contributed by atoms with E-state index in [2.05, 4.69) is 34.3 Å². The van der Waals surface area contributed by atoms with Crippen molar-refractivity contribution in [3.63, 3.8) is 0 Å². The summed E-state index contributed by atoms with van der Waals surface area (Å²) in [5.41, 5.74) is 9.36. The normalized spacial score (nSPS) is 50.4. The second-order valence-corrected chi connectivity index (χ2v) is 11.8. The van der Waals surface area contributed by atoms with Gasteiger partial charge in [-0.05, 0) is 111 Å². The van der Waals surface area contributed by atoms with Crippen LogP contribution in [0.1, 0.15) is 98.3 Å². The molecule has 0 saturated heterocycles. The Bertz CT molecular complexity index is 567. The molecule has 4 aliphatic carbocycles. The van der Waals surface area contributed by atoms with Crippen LogP contribution < -0.4 is 5.73 Å². The van der Waals surface area contributed by atoms with E-state index in [0.29, 0.717) is 16.9 Å². The minimum atomic E-state index is 0.471. The van der Waals surface area contributed by atoms with Crippen LogP contribution in [0.3, 0.4) is 0 Å². The molecule has 0 aliphatic heterocycles. The van der Waals surface area contributed by atoms with Gasteiger partial charge in [-0.2, -0.15) is 0 Å². The molecule has 0 spiro atoms. The highest BCUT2D eigenvalue weighted by molar-refractivity contribution is 5.11. The summed E-state index contributed by atoms with van der Waals surface area (Å²) in [4.78, 5) is 0. The number of nitrogens with two attached hydrogens (primary N) is 1. The van der Waals surface area contributed by atoms with Gasteiger partial charge in [0.15, 0.2) is 0 Å². The van der Waals surface area contributed by atoms with Crippen molar-refractivity contribution < 1.29 is 0 Å². The van der Waals surface area contributed by atoms with Gasteiger partial charge < -0.3 is 5.73 Å². The first-order valence-electron chi connectivity index (χ1n) is 12.2. The van der Waals surface area contributed by atoms with Gasteiger partial charge in [-0.3, -0.25) is 0 Å². The van der Waals surface area contributed by atoms with Crippen molar-refractivity contribution in [2.75, 3.05) is 0 Å². The van der Waals surface area contributed by atoms with E-state index in [0.717, 1.165) is 35.5 Å². The summed E-state index contributed by atoms with van der Waals surface area (Å²) < 4.78 is 0.